The molecule has 0 saturated heterocycles. The van der Waals surface area contributed by atoms with Crippen molar-refractivity contribution in [2.75, 3.05) is 7.05 Å². The third-order valence-corrected chi connectivity index (χ3v) is 6.77. The summed E-state index contributed by atoms with van der Waals surface area (Å²) in [7, 11) is 1.49. The molecule has 7 nitrogen and oxygen atoms in total. The van der Waals surface area contributed by atoms with E-state index < -0.39 is 17.9 Å². The second-order valence-corrected chi connectivity index (χ2v) is 9.65. The molecule has 0 aliphatic rings. The van der Waals surface area contributed by atoms with Crippen molar-refractivity contribution in [1.82, 2.24) is 14.3 Å². The molecule has 1 amide bonds. The molecule has 5 rings (SSSR count). The first-order valence-electron chi connectivity index (χ1n) is 12.4. The summed E-state index contributed by atoms with van der Waals surface area (Å²) in [4.78, 5) is 31.1. The minimum atomic E-state index is -1.09. The molecule has 0 fully saturated rings. The molecule has 0 spiro atoms. The Morgan fingerprint density at radius 2 is 1.59 bits per heavy atom. The van der Waals surface area contributed by atoms with E-state index in [0.717, 1.165) is 22.3 Å². The van der Waals surface area contributed by atoms with Gasteiger partial charge in [0.25, 0.3) is 5.91 Å². The van der Waals surface area contributed by atoms with Gasteiger partial charge in [-0.1, -0.05) is 66.2 Å². The Bertz CT molecular complexity index is 1600. The van der Waals surface area contributed by atoms with E-state index in [1.807, 2.05) is 85.1 Å². The summed E-state index contributed by atoms with van der Waals surface area (Å²) < 4.78 is 7.58. The van der Waals surface area contributed by atoms with Gasteiger partial charge >= 0.3 is 5.97 Å². The zero-order chi connectivity index (χ0) is 27.4. The molecule has 0 radical (unpaired) electrons. The minimum absolute atomic E-state index is 0.143. The van der Waals surface area contributed by atoms with Crippen LogP contribution >= 0.6 is 11.6 Å². The molecular weight excluding hydrogens is 514 g/mol. The third-order valence-electron chi connectivity index (χ3n) is 6.52. The predicted octanol–water partition coefficient (Wildman–Crippen LogP) is 6.00. The number of rotatable bonds is 9. The Balaban J connectivity index is 1.28. The van der Waals surface area contributed by atoms with Crippen molar-refractivity contribution in [3.8, 4) is 16.9 Å². The Morgan fingerprint density at radius 3 is 2.28 bits per heavy atom. The summed E-state index contributed by atoms with van der Waals surface area (Å²) in [5.41, 5.74) is 4.49. The van der Waals surface area contributed by atoms with E-state index in [1.165, 1.54) is 11.9 Å². The van der Waals surface area contributed by atoms with E-state index in [9.17, 15) is 14.7 Å². The average Bonchev–Trinajstić information content (AvgIpc) is 3.39. The predicted molar refractivity (Wildman–Crippen MR) is 150 cm³/mol. The van der Waals surface area contributed by atoms with Gasteiger partial charge in [-0.15, -0.1) is 0 Å². The summed E-state index contributed by atoms with van der Waals surface area (Å²) in [6, 6.07) is 27.2. The quantitative estimate of drug-likeness (QED) is 0.248. The Morgan fingerprint density at radius 1 is 0.897 bits per heavy atom. The molecule has 0 aliphatic heterocycles. The molecule has 196 valence electrons. The highest BCUT2D eigenvalue weighted by Crippen LogP contribution is 2.23. The molecule has 1 atom stereocenters. The highest BCUT2D eigenvalue weighted by atomic mass is 35.5. The molecule has 8 heteroatoms. The number of nitrogens with zero attached hydrogens (tertiary/aromatic N) is 3. The number of aliphatic carboxylic acids is 1. The van der Waals surface area contributed by atoms with Gasteiger partial charge in [0.05, 0.1) is 0 Å². The highest BCUT2D eigenvalue weighted by Gasteiger charge is 2.29. The Kier molecular flexibility index (Phi) is 7.61. The van der Waals surface area contributed by atoms with Gasteiger partial charge in [-0.3, -0.25) is 4.79 Å². The number of amides is 1. The minimum Gasteiger partial charge on any atom is -0.489 e. The maximum atomic E-state index is 13.3. The van der Waals surface area contributed by atoms with Gasteiger partial charge in [0.1, 0.15) is 29.7 Å². The number of carbonyl (C=O) groups is 2. The number of halogens is 1. The first-order valence-corrected chi connectivity index (χ1v) is 12.8. The number of carbonyl (C=O) groups excluding carboxylic acids is 1. The number of hydrogen-bond donors (Lipinski definition) is 1. The van der Waals surface area contributed by atoms with Crippen LogP contribution in [0.1, 0.15) is 21.6 Å². The van der Waals surface area contributed by atoms with Crippen LogP contribution in [-0.4, -0.2) is 44.4 Å². The fraction of sp³-hybridized carbons (Fsp3) is 0.129. The van der Waals surface area contributed by atoms with E-state index in [2.05, 4.69) is 4.98 Å². The van der Waals surface area contributed by atoms with E-state index in [0.29, 0.717) is 23.0 Å². The summed E-state index contributed by atoms with van der Waals surface area (Å²) >= 11 is 6.00. The number of fused-ring (bicyclic) bond motifs is 1. The Labute approximate surface area is 230 Å². The normalized spacial score (nSPS) is 11.7. The van der Waals surface area contributed by atoms with Crippen LogP contribution < -0.4 is 4.74 Å². The zero-order valence-electron chi connectivity index (χ0n) is 21.2. The first kappa shape index (κ1) is 26.0. The van der Waals surface area contributed by atoms with Gasteiger partial charge in [0.2, 0.25) is 0 Å². The van der Waals surface area contributed by atoms with Crippen LogP contribution in [0.25, 0.3) is 16.8 Å². The smallest absolute Gasteiger partial charge is 0.326 e. The second kappa shape index (κ2) is 11.4. The number of benzene rings is 3. The van der Waals surface area contributed by atoms with Crippen LogP contribution in [-0.2, 0) is 17.8 Å². The van der Waals surface area contributed by atoms with Crippen molar-refractivity contribution < 1.29 is 19.4 Å². The molecule has 0 saturated carbocycles. The zero-order valence-corrected chi connectivity index (χ0v) is 22.0. The van der Waals surface area contributed by atoms with Crippen molar-refractivity contribution in [2.45, 2.75) is 19.1 Å². The Hall–Kier alpha value is -4.62. The third kappa shape index (κ3) is 6.10. The molecule has 3 aromatic carbocycles. The van der Waals surface area contributed by atoms with Crippen LogP contribution in [0.5, 0.6) is 5.75 Å². The van der Waals surface area contributed by atoms with Crippen LogP contribution in [0.2, 0.25) is 5.02 Å². The standard InChI is InChI=1S/C31H26ClN3O4/c1-34(28(31(37)38)17-21-7-14-26(15-8-21)39-20-22-5-3-2-4-6-22)30(36)27-19-35-18-24(11-16-29(35)33-27)23-9-12-25(32)13-10-23/h2-16,18-19,28H,17,20H2,1H3,(H,37,38)/t28-/m0/s1. The number of pyridine rings is 1. The number of hydrogen-bond acceptors (Lipinski definition) is 4. The summed E-state index contributed by atoms with van der Waals surface area (Å²) in [6.45, 7) is 0.440. The number of carboxylic acid groups (broad SMARTS) is 1. The molecule has 5 aromatic rings. The maximum Gasteiger partial charge on any atom is 0.326 e. The van der Waals surface area contributed by atoms with Crippen LogP contribution in [0.4, 0.5) is 0 Å². The molecule has 0 aliphatic carbocycles. The van der Waals surface area contributed by atoms with Crippen molar-refractivity contribution in [3.63, 3.8) is 0 Å². The van der Waals surface area contributed by atoms with Gasteiger partial charge < -0.3 is 19.1 Å². The van der Waals surface area contributed by atoms with Crippen molar-refractivity contribution in [2.24, 2.45) is 0 Å². The molecule has 2 aromatic heterocycles. The van der Waals surface area contributed by atoms with Gasteiger partial charge in [0, 0.05) is 30.9 Å². The van der Waals surface area contributed by atoms with E-state index in [4.69, 9.17) is 16.3 Å². The molecule has 39 heavy (non-hydrogen) atoms. The largest absolute Gasteiger partial charge is 0.489 e. The van der Waals surface area contributed by atoms with Gasteiger partial charge in [-0.25, -0.2) is 9.78 Å². The number of ether oxygens (including phenoxy) is 1. The lowest BCUT2D eigenvalue weighted by atomic mass is 10.0. The molecular formula is C31H26ClN3O4. The lowest BCUT2D eigenvalue weighted by molar-refractivity contribution is -0.141. The van der Waals surface area contributed by atoms with Gasteiger partial charge in [-0.05, 0) is 58.7 Å². The number of imidazole rings is 1. The highest BCUT2D eigenvalue weighted by molar-refractivity contribution is 6.30. The lowest BCUT2D eigenvalue weighted by Gasteiger charge is -2.24. The SMILES string of the molecule is CN(C(=O)c1cn2cc(-c3ccc(Cl)cc3)ccc2n1)[C@@H](Cc1ccc(OCc2ccccc2)cc1)C(=O)O. The summed E-state index contributed by atoms with van der Waals surface area (Å²) in [5.74, 6) is -0.882. The lowest BCUT2D eigenvalue weighted by Crippen LogP contribution is -2.44. The van der Waals surface area contributed by atoms with Crippen LogP contribution in [0.3, 0.4) is 0 Å². The number of likely N-dealkylation sites (N-methyl/N-ethyl adjacent to an activating group) is 1. The fourth-order valence-corrected chi connectivity index (χ4v) is 4.43. The topological polar surface area (TPSA) is 84.1 Å². The van der Waals surface area contributed by atoms with E-state index >= 15 is 0 Å². The molecule has 2 heterocycles. The van der Waals surface area contributed by atoms with Crippen molar-refractivity contribution in [3.05, 3.63) is 125 Å². The van der Waals surface area contributed by atoms with E-state index in [-0.39, 0.29) is 12.1 Å². The molecule has 0 bridgehead atoms. The molecule has 0 unspecified atom stereocenters. The summed E-state index contributed by atoms with van der Waals surface area (Å²) in [6.07, 6.45) is 3.63. The van der Waals surface area contributed by atoms with Crippen LogP contribution in [0, 0.1) is 0 Å². The average molecular weight is 540 g/mol. The van der Waals surface area contributed by atoms with Crippen LogP contribution in [0.15, 0.2) is 103 Å². The first-order chi connectivity index (χ1) is 18.9. The van der Waals surface area contributed by atoms with Gasteiger partial charge in [0.15, 0.2) is 0 Å². The molecule has 1 N–H and O–H groups in total. The van der Waals surface area contributed by atoms with E-state index in [1.54, 1.807) is 22.7 Å². The fourth-order valence-electron chi connectivity index (χ4n) is 4.31. The number of aromatic nitrogens is 2. The van der Waals surface area contributed by atoms with Crippen molar-refractivity contribution >= 4 is 29.1 Å². The second-order valence-electron chi connectivity index (χ2n) is 9.21. The van der Waals surface area contributed by atoms with Gasteiger partial charge in [-0.2, -0.15) is 0 Å². The maximum absolute atomic E-state index is 13.3. The monoisotopic (exact) mass is 539 g/mol. The number of carboxylic acids is 1. The van der Waals surface area contributed by atoms with Crippen molar-refractivity contribution in [1.29, 1.82) is 0 Å². The summed E-state index contributed by atoms with van der Waals surface area (Å²) in [5, 5.41) is 10.6.